The second kappa shape index (κ2) is 8.86. The van der Waals surface area contributed by atoms with Crippen LogP contribution in [0.1, 0.15) is 33.2 Å². The van der Waals surface area contributed by atoms with E-state index in [1.807, 2.05) is 56.3 Å². The first-order valence-electron chi connectivity index (χ1n) is 9.10. The minimum Gasteiger partial charge on any atom is -0.457 e. The normalized spacial score (nSPS) is 10.2. The van der Waals surface area contributed by atoms with E-state index in [0.29, 0.717) is 34.9 Å². The van der Waals surface area contributed by atoms with Gasteiger partial charge < -0.3 is 15.4 Å². The van der Waals surface area contributed by atoms with Gasteiger partial charge in [-0.05, 0) is 55.8 Å². The topological polar surface area (TPSA) is 67.4 Å². The molecule has 2 amide bonds. The first-order valence-corrected chi connectivity index (χ1v) is 9.10. The number of aryl methyl sites for hydroxylation is 1. The van der Waals surface area contributed by atoms with E-state index in [1.165, 1.54) is 0 Å². The maximum Gasteiger partial charge on any atom is 0.259 e. The van der Waals surface area contributed by atoms with E-state index in [1.54, 1.807) is 30.3 Å². The zero-order valence-electron chi connectivity index (χ0n) is 15.9. The molecule has 5 heteroatoms. The molecule has 0 fully saturated rings. The first kappa shape index (κ1) is 19.2. The zero-order valence-corrected chi connectivity index (χ0v) is 15.9. The van der Waals surface area contributed by atoms with Gasteiger partial charge in [0.1, 0.15) is 11.5 Å². The lowest BCUT2D eigenvalue weighted by Crippen LogP contribution is -2.23. The van der Waals surface area contributed by atoms with Crippen LogP contribution in [0.25, 0.3) is 0 Å². The van der Waals surface area contributed by atoms with Gasteiger partial charge in [-0.25, -0.2) is 0 Å². The van der Waals surface area contributed by atoms with E-state index >= 15 is 0 Å². The van der Waals surface area contributed by atoms with Crippen molar-refractivity contribution in [2.75, 3.05) is 11.9 Å². The second-order valence-corrected chi connectivity index (χ2v) is 6.25. The molecular formula is C23H22N2O3. The highest BCUT2D eigenvalue weighted by Gasteiger charge is 2.15. The number of benzene rings is 3. The summed E-state index contributed by atoms with van der Waals surface area (Å²) in [7, 11) is 0. The van der Waals surface area contributed by atoms with E-state index < -0.39 is 0 Å². The highest BCUT2D eigenvalue weighted by Crippen LogP contribution is 2.26. The lowest BCUT2D eigenvalue weighted by molar-refractivity contribution is 0.0954. The van der Waals surface area contributed by atoms with Gasteiger partial charge in [0.05, 0.1) is 5.56 Å². The number of rotatable bonds is 6. The predicted octanol–water partition coefficient (Wildman–Crippen LogP) is 4.79. The molecule has 0 radical (unpaired) electrons. The Kier molecular flexibility index (Phi) is 6.07. The maximum atomic E-state index is 12.9. The average molecular weight is 374 g/mol. The van der Waals surface area contributed by atoms with Crippen molar-refractivity contribution in [1.82, 2.24) is 5.32 Å². The minimum atomic E-state index is -0.303. The van der Waals surface area contributed by atoms with E-state index in [9.17, 15) is 9.59 Å². The number of hydrogen-bond acceptors (Lipinski definition) is 3. The van der Waals surface area contributed by atoms with Gasteiger partial charge in [-0.3, -0.25) is 9.59 Å². The minimum absolute atomic E-state index is 0.175. The third kappa shape index (κ3) is 4.57. The highest BCUT2D eigenvalue weighted by atomic mass is 16.5. The van der Waals surface area contributed by atoms with E-state index in [4.69, 9.17) is 4.74 Å². The molecule has 3 aromatic rings. The Balaban J connectivity index is 1.84. The summed E-state index contributed by atoms with van der Waals surface area (Å²) < 4.78 is 5.87. The molecular weight excluding hydrogens is 352 g/mol. The Labute approximate surface area is 164 Å². The number of nitrogens with one attached hydrogen (secondary N) is 2. The van der Waals surface area contributed by atoms with Gasteiger partial charge >= 0.3 is 0 Å². The fraction of sp³-hybridized carbons (Fsp3) is 0.130. The van der Waals surface area contributed by atoms with Gasteiger partial charge in [0.25, 0.3) is 11.8 Å². The number of para-hydroxylation sites is 2. The molecule has 0 aliphatic heterocycles. The number of hydrogen-bond donors (Lipinski definition) is 2. The molecule has 3 rings (SSSR count). The molecule has 3 aromatic carbocycles. The highest BCUT2D eigenvalue weighted by molar-refractivity contribution is 6.07. The maximum absolute atomic E-state index is 12.9. The first-order chi connectivity index (χ1) is 13.6. The third-order valence-electron chi connectivity index (χ3n) is 4.19. The number of anilines is 1. The second-order valence-electron chi connectivity index (χ2n) is 6.25. The summed E-state index contributed by atoms with van der Waals surface area (Å²) in [6.07, 6.45) is 0. The molecule has 142 valence electrons. The third-order valence-corrected chi connectivity index (χ3v) is 4.19. The van der Waals surface area contributed by atoms with E-state index in [2.05, 4.69) is 10.6 Å². The van der Waals surface area contributed by atoms with Crippen molar-refractivity contribution in [2.45, 2.75) is 13.8 Å². The molecule has 0 heterocycles. The summed E-state index contributed by atoms with van der Waals surface area (Å²) in [5.74, 6) is 0.634. The van der Waals surface area contributed by atoms with E-state index in [-0.39, 0.29) is 11.8 Å². The molecule has 0 aliphatic rings. The van der Waals surface area contributed by atoms with Crippen LogP contribution in [0.4, 0.5) is 5.69 Å². The SMILES string of the molecule is CCNC(=O)c1ccc(C)c(NC(=O)c2ccccc2Oc2ccccc2)c1. The van der Waals surface area contributed by atoms with Crippen molar-refractivity contribution in [2.24, 2.45) is 0 Å². The molecule has 5 nitrogen and oxygen atoms in total. The van der Waals surface area contributed by atoms with Crippen LogP contribution >= 0.6 is 0 Å². The van der Waals surface area contributed by atoms with Crippen LogP contribution < -0.4 is 15.4 Å². The van der Waals surface area contributed by atoms with Crippen LogP contribution in [-0.2, 0) is 0 Å². The van der Waals surface area contributed by atoms with Crippen molar-refractivity contribution in [3.63, 3.8) is 0 Å². The van der Waals surface area contributed by atoms with Gasteiger partial charge in [-0.2, -0.15) is 0 Å². The lowest BCUT2D eigenvalue weighted by Gasteiger charge is -2.13. The van der Waals surface area contributed by atoms with Crippen LogP contribution in [0.2, 0.25) is 0 Å². The summed E-state index contributed by atoms with van der Waals surface area (Å²) in [4.78, 5) is 25.0. The molecule has 0 atom stereocenters. The Hall–Kier alpha value is -3.60. The van der Waals surface area contributed by atoms with Crippen LogP contribution in [0.5, 0.6) is 11.5 Å². The molecule has 0 saturated heterocycles. The summed E-state index contributed by atoms with van der Waals surface area (Å²) >= 11 is 0. The Bertz CT molecular complexity index is 984. The van der Waals surface area contributed by atoms with Gasteiger partial charge in [0.2, 0.25) is 0 Å². The van der Waals surface area contributed by atoms with Crippen LogP contribution in [0.15, 0.2) is 72.8 Å². The van der Waals surface area contributed by atoms with E-state index in [0.717, 1.165) is 5.56 Å². The van der Waals surface area contributed by atoms with Crippen molar-refractivity contribution in [1.29, 1.82) is 0 Å². The predicted molar refractivity (Wildman–Crippen MR) is 110 cm³/mol. The largest absolute Gasteiger partial charge is 0.457 e. The molecule has 2 N–H and O–H groups in total. The Morgan fingerprint density at radius 3 is 2.36 bits per heavy atom. The molecule has 0 saturated carbocycles. The number of carbonyl (C=O) groups is 2. The summed E-state index contributed by atoms with van der Waals surface area (Å²) in [6, 6.07) is 21.6. The molecule has 0 aromatic heterocycles. The zero-order chi connectivity index (χ0) is 19.9. The molecule has 0 aliphatic carbocycles. The monoisotopic (exact) mass is 374 g/mol. The van der Waals surface area contributed by atoms with Crippen molar-refractivity contribution in [3.8, 4) is 11.5 Å². The number of amides is 2. The summed E-state index contributed by atoms with van der Waals surface area (Å²) in [5.41, 5.74) is 2.36. The van der Waals surface area contributed by atoms with Gasteiger partial charge in [-0.1, -0.05) is 36.4 Å². The lowest BCUT2D eigenvalue weighted by atomic mass is 10.1. The summed E-state index contributed by atoms with van der Waals surface area (Å²) in [6.45, 7) is 4.28. The van der Waals surface area contributed by atoms with Crippen LogP contribution in [0, 0.1) is 6.92 Å². The standard InChI is InChI=1S/C23H22N2O3/c1-3-24-22(26)17-14-13-16(2)20(15-17)25-23(27)19-11-7-8-12-21(19)28-18-9-5-4-6-10-18/h4-15H,3H2,1-2H3,(H,24,26)(H,25,27). The van der Waals surface area contributed by atoms with Crippen molar-refractivity contribution < 1.29 is 14.3 Å². The summed E-state index contributed by atoms with van der Waals surface area (Å²) in [5, 5.41) is 5.65. The number of ether oxygens (including phenoxy) is 1. The molecule has 0 spiro atoms. The van der Waals surface area contributed by atoms with Crippen molar-refractivity contribution in [3.05, 3.63) is 89.5 Å². The Morgan fingerprint density at radius 1 is 0.893 bits per heavy atom. The molecule has 0 bridgehead atoms. The Morgan fingerprint density at radius 2 is 1.61 bits per heavy atom. The van der Waals surface area contributed by atoms with Gasteiger partial charge in [0, 0.05) is 17.8 Å². The van der Waals surface area contributed by atoms with Crippen molar-refractivity contribution >= 4 is 17.5 Å². The molecule has 28 heavy (non-hydrogen) atoms. The fourth-order valence-corrected chi connectivity index (χ4v) is 2.71. The smallest absolute Gasteiger partial charge is 0.259 e. The quantitative estimate of drug-likeness (QED) is 0.652. The average Bonchev–Trinajstić information content (AvgIpc) is 2.71. The van der Waals surface area contributed by atoms with Gasteiger partial charge in [-0.15, -0.1) is 0 Å². The molecule has 0 unspecified atom stereocenters. The fourth-order valence-electron chi connectivity index (χ4n) is 2.71. The van der Waals surface area contributed by atoms with Crippen LogP contribution in [0.3, 0.4) is 0 Å². The van der Waals surface area contributed by atoms with Gasteiger partial charge in [0.15, 0.2) is 0 Å². The number of carbonyl (C=O) groups excluding carboxylic acids is 2. The van der Waals surface area contributed by atoms with Crippen LogP contribution in [-0.4, -0.2) is 18.4 Å².